The monoisotopic (exact) mass is 701 g/mol. The van der Waals surface area contributed by atoms with Crippen LogP contribution in [0.1, 0.15) is 75.0 Å². The number of para-hydroxylation sites is 1. The number of urea groups is 1. The second-order valence-electron chi connectivity index (χ2n) is 15.0. The third kappa shape index (κ3) is 11.3. The lowest BCUT2D eigenvalue weighted by Gasteiger charge is -2.38. The highest BCUT2D eigenvalue weighted by atomic mass is 16.2. The molecular weight excluding hydrogens is 638 g/mol. The molecule has 2 aromatic rings. The Morgan fingerprint density at radius 1 is 0.824 bits per heavy atom. The Hall–Kier alpha value is -3.47. The molecule has 0 spiro atoms. The molecule has 2 N–H and O–H groups in total. The highest BCUT2D eigenvalue weighted by molar-refractivity contribution is 5.87. The van der Waals surface area contributed by atoms with Crippen molar-refractivity contribution in [3.05, 3.63) is 65.2 Å². The van der Waals surface area contributed by atoms with Crippen molar-refractivity contribution in [3.8, 4) is 0 Å². The summed E-state index contributed by atoms with van der Waals surface area (Å²) >= 11 is 0. The van der Waals surface area contributed by atoms with Crippen molar-refractivity contribution >= 4 is 24.0 Å². The number of hydrogen-bond acceptors (Lipinski definition) is 6. The number of benzene rings is 2. The lowest BCUT2D eigenvalue weighted by molar-refractivity contribution is -0.133. The van der Waals surface area contributed by atoms with Crippen LogP contribution in [-0.4, -0.2) is 134 Å². The maximum Gasteiger partial charge on any atom is 0.318 e. The number of hydrogen-bond donors (Lipinski definition) is 2. The number of likely N-dealkylation sites (N-methyl/N-ethyl adjacent to an activating group) is 2. The molecule has 51 heavy (non-hydrogen) atoms. The smallest absolute Gasteiger partial charge is 0.318 e. The van der Waals surface area contributed by atoms with Gasteiger partial charge in [0, 0.05) is 76.7 Å². The first-order chi connectivity index (χ1) is 24.9. The van der Waals surface area contributed by atoms with Crippen LogP contribution in [0.4, 0.5) is 10.5 Å². The first-order valence-corrected chi connectivity index (χ1v) is 19.7. The molecule has 3 fully saturated rings. The van der Waals surface area contributed by atoms with E-state index in [0.717, 1.165) is 102 Å². The van der Waals surface area contributed by atoms with Crippen LogP contribution in [0.3, 0.4) is 0 Å². The van der Waals surface area contributed by atoms with E-state index in [1.54, 1.807) is 11.1 Å². The summed E-state index contributed by atoms with van der Waals surface area (Å²) in [5, 5.41) is 5.86. The van der Waals surface area contributed by atoms with Crippen LogP contribution in [0.5, 0.6) is 0 Å². The quantitative estimate of drug-likeness (QED) is 0.344. The number of piperazine rings is 1. The van der Waals surface area contributed by atoms with Gasteiger partial charge in [-0.1, -0.05) is 49.4 Å². The standard InChI is InChI=1S/C31H51N7O3.C10H12/c1-4-28(30(40)37-15-7-9-27(14-17-37)36-22-20-34(2)21-23-36)33-31(41)38-18-12-26(13-19-38)35(3)16-11-25-8-5-6-10-29(25)32-24-39;1-2-6-10-8-4-3-7-9(10)5-1/h5-6,8,10,24,26-28H,4,7,9,11-23H2,1-3H3,(H,32,39)(H,33,41);1-2,5-6H,3-4,7-8H2/t27?,28-;/m1./s1. The Morgan fingerprint density at radius 3 is 2.14 bits per heavy atom. The normalized spacial score (nSPS) is 21.1. The van der Waals surface area contributed by atoms with Gasteiger partial charge in [-0.2, -0.15) is 0 Å². The summed E-state index contributed by atoms with van der Waals surface area (Å²) in [4.78, 5) is 48.8. The zero-order chi connectivity index (χ0) is 36.0. The zero-order valence-corrected chi connectivity index (χ0v) is 31.5. The van der Waals surface area contributed by atoms with Crippen molar-refractivity contribution in [2.45, 2.75) is 95.7 Å². The number of fused-ring (bicyclic) bond motifs is 1. The van der Waals surface area contributed by atoms with Gasteiger partial charge in [0.2, 0.25) is 12.3 Å². The van der Waals surface area contributed by atoms with Gasteiger partial charge in [-0.3, -0.25) is 14.5 Å². The van der Waals surface area contributed by atoms with E-state index in [-0.39, 0.29) is 11.9 Å². The van der Waals surface area contributed by atoms with Crippen LogP contribution >= 0.6 is 0 Å². The summed E-state index contributed by atoms with van der Waals surface area (Å²) in [6, 6.07) is 17.1. The summed E-state index contributed by atoms with van der Waals surface area (Å²) < 4.78 is 0. The fourth-order valence-corrected chi connectivity index (χ4v) is 8.26. The molecule has 2 atom stereocenters. The van der Waals surface area contributed by atoms with E-state index in [1.165, 1.54) is 25.7 Å². The van der Waals surface area contributed by atoms with Gasteiger partial charge in [-0.05, 0) is 107 Å². The van der Waals surface area contributed by atoms with Crippen LogP contribution < -0.4 is 10.6 Å². The molecule has 10 heteroatoms. The van der Waals surface area contributed by atoms with Crippen LogP contribution in [0, 0.1) is 0 Å². The Bertz CT molecular complexity index is 1360. The van der Waals surface area contributed by atoms with Crippen molar-refractivity contribution in [3.63, 3.8) is 0 Å². The second-order valence-corrected chi connectivity index (χ2v) is 15.0. The SMILES string of the molecule is CC[C@@H](NC(=O)N1CCC(N(C)CCc2ccccc2NC=O)CC1)C(=O)N1CCCC(N2CCN(C)CC2)CC1.c1ccc2c(c1)CCCC2. The molecule has 280 valence electrons. The molecule has 6 rings (SSSR count). The van der Waals surface area contributed by atoms with Crippen LogP contribution in [0.25, 0.3) is 0 Å². The molecule has 10 nitrogen and oxygen atoms in total. The van der Waals surface area contributed by atoms with Gasteiger partial charge >= 0.3 is 6.03 Å². The van der Waals surface area contributed by atoms with Gasteiger partial charge in [-0.25, -0.2) is 4.79 Å². The van der Waals surface area contributed by atoms with E-state index < -0.39 is 6.04 Å². The Labute approximate surface area is 306 Å². The van der Waals surface area contributed by atoms with E-state index in [9.17, 15) is 14.4 Å². The van der Waals surface area contributed by atoms with E-state index in [2.05, 4.69) is 69.8 Å². The Balaban J connectivity index is 0.000000428. The van der Waals surface area contributed by atoms with E-state index in [0.29, 0.717) is 31.6 Å². The predicted octanol–water partition coefficient (Wildman–Crippen LogP) is 4.88. The lowest BCUT2D eigenvalue weighted by atomic mass is 9.92. The lowest BCUT2D eigenvalue weighted by Crippen LogP contribution is -2.54. The van der Waals surface area contributed by atoms with E-state index >= 15 is 0 Å². The summed E-state index contributed by atoms with van der Waals surface area (Å²) in [5.41, 5.74) is 5.14. The molecular formula is C41H63N7O3. The molecule has 0 saturated carbocycles. The maximum atomic E-state index is 13.5. The first kappa shape index (κ1) is 38.8. The van der Waals surface area contributed by atoms with Crippen LogP contribution in [-0.2, 0) is 28.9 Å². The number of aryl methyl sites for hydroxylation is 2. The number of anilines is 1. The van der Waals surface area contributed by atoms with Crippen molar-refractivity contribution in [2.75, 3.05) is 78.3 Å². The van der Waals surface area contributed by atoms with E-state index in [4.69, 9.17) is 0 Å². The minimum Gasteiger partial charge on any atom is -0.341 e. The first-order valence-electron chi connectivity index (χ1n) is 19.7. The zero-order valence-electron chi connectivity index (χ0n) is 31.5. The summed E-state index contributed by atoms with van der Waals surface area (Å²) in [7, 11) is 4.32. The van der Waals surface area contributed by atoms with E-state index in [1.807, 2.05) is 34.9 Å². The van der Waals surface area contributed by atoms with Gasteiger partial charge < -0.3 is 30.2 Å². The predicted molar refractivity (Wildman–Crippen MR) is 206 cm³/mol. The van der Waals surface area contributed by atoms with Gasteiger partial charge in [-0.15, -0.1) is 0 Å². The van der Waals surface area contributed by atoms with Crippen molar-refractivity contribution in [2.24, 2.45) is 0 Å². The molecule has 2 aromatic carbocycles. The minimum atomic E-state index is -0.469. The topological polar surface area (TPSA) is 91.5 Å². The number of piperidine rings is 1. The van der Waals surface area contributed by atoms with Crippen molar-refractivity contribution < 1.29 is 14.4 Å². The Morgan fingerprint density at radius 2 is 1.47 bits per heavy atom. The van der Waals surface area contributed by atoms with Gasteiger partial charge in [0.05, 0.1) is 0 Å². The van der Waals surface area contributed by atoms with Gasteiger partial charge in [0.25, 0.3) is 0 Å². The van der Waals surface area contributed by atoms with Gasteiger partial charge in [0.1, 0.15) is 6.04 Å². The van der Waals surface area contributed by atoms with Gasteiger partial charge in [0.15, 0.2) is 0 Å². The number of nitrogens with zero attached hydrogens (tertiary/aromatic N) is 5. The summed E-state index contributed by atoms with van der Waals surface area (Å²) in [5.74, 6) is 0.0684. The molecule has 4 aliphatic rings. The highest BCUT2D eigenvalue weighted by Crippen LogP contribution is 2.22. The minimum absolute atomic E-state index is 0.0684. The number of nitrogens with one attached hydrogen (secondary N) is 2. The molecule has 1 unspecified atom stereocenters. The molecule has 3 saturated heterocycles. The molecule has 3 heterocycles. The maximum absolute atomic E-state index is 13.5. The largest absolute Gasteiger partial charge is 0.341 e. The molecule has 0 bridgehead atoms. The third-order valence-corrected chi connectivity index (χ3v) is 11.7. The number of rotatable bonds is 10. The summed E-state index contributed by atoms with van der Waals surface area (Å²) in [6.07, 6.45) is 12.5. The molecule has 1 aliphatic carbocycles. The summed E-state index contributed by atoms with van der Waals surface area (Å²) in [6.45, 7) is 10.2. The molecule has 3 aliphatic heterocycles. The fraction of sp³-hybridized carbons (Fsp3) is 0.634. The molecule has 4 amide bonds. The van der Waals surface area contributed by atoms with Crippen molar-refractivity contribution in [1.82, 2.24) is 29.8 Å². The molecule has 0 aromatic heterocycles. The van der Waals surface area contributed by atoms with Crippen LogP contribution in [0.15, 0.2) is 48.5 Å². The van der Waals surface area contributed by atoms with Crippen molar-refractivity contribution in [1.29, 1.82) is 0 Å². The number of likely N-dealkylation sites (tertiary alicyclic amines) is 2. The number of carbonyl (C=O) groups is 3. The third-order valence-electron chi connectivity index (χ3n) is 11.7. The number of carbonyl (C=O) groups excluding carboxylic acids is 3. The highest BCUT2D eigenvalue weighted by Gasteiger charge is 2.32. The van der Waals surface area contributed by atoms with Crippen LogP contribution in [0.2, 0.25) is 0 Å². The molecule has 0 radical (unpaired) electrons. The Kier molecular flexibility index (Phi) is 15.2. The second kappa shape index (κ2) is 20.0. The average Bonchev–Trinajstić information content (AvgIpc) is 3.43. The fourth-order valence-electron chi connectivity index (χ4n) is 8.26. The number of amides is 4. The average molecular weight is 702 g/mol.